The molecular weight excluding hydrogens is 656 g/mol. The number of nitro benzene ring substituents is 1. The number of nitrogens with two attached hydrogens (primary N) is 1. The number of anilines is 3. The first-order valence-electron chi connectivity index (χ1n) is 16.7. The summed E-state index contributed by atoms with van der Waals surface area (Å²) in [5, 5.41) is 22.1. The van der Waals surface area contributed by atoms with Crippen molar-refractivity contribution in [2.75, 3.05) is 43.7 Å². The molecule has 12 heteroatoms. The highest BCUT2D eigenvalue weighted by atomic mass is 16.6. The van der Waals surface area contributed by atoms with E-state index in [-0.39, 0.29) is 16.8 Å². The molecule has 12 nitrogen and oxygen atoms in total. The van der Waals surface area contributed by atoms with Crippen LogP contribution in [0.25, 0.3) is 98.0 Å². The van der Waals surface area contributed by atoms with Crippen molar-refractivity contribution in [1.29, 1.82) is 0 Å². The predicted molar refractivity (Wildman–Crippen MR) is 210 cm³/mol. The molecule has 0 amide bonds. The Balaban J connectivity index is 1.28. The maximum Gasteiger partial charge on any atom is 0.294 e. The van der Waals surface area contributed by atoms with Crippen LogP contribution in [-0.4, -0.2) is 51.9 Å². The van der Waals surface area contributed by atoms with Gasteiger partial charge in [0.05, 0.1) is 38.4 Å². The van der Waals surface area contributed by atoms with E-state index >= 15 is 0 Å². The van der Waals surface area contributed by atoms with Gasteiger partial charge in [0, 0.05) is 66.6 Å². The highest BCUT2D eigenvalue weighted by molar-refractivity contribution is 6.40. The fourth-order valence-electron chi connectivity index (χ4n) is 8.75. The summed E-state index contributed by atoms with van der Waals surface area (Å²) >= 11 is 0. The van der Waals surface area contributed by atoms with E-state index in [1.54, 1.807) is 29.5 Å². The van der Waals surface area contributed by atoms with Crippen molar-refractivity contribution < 1.29 is 4.92 Å². The molecule has 2 N–H and O–H groups in total. The fraction of sp³-hybridized carbons (Fsp3) is 0.100. The SMILES string of the molecule is CN(C)c1cc2nc3c4ccc5c6ccc7c(=O)n8c9cc([N+](=O)[O-])c(N(C)C)cc9nc8c8ccc(c9ccc(c(=O)n3c2cc1N)c4c59)c6c78. The number of rotatable bonds is 3. The molecule has 0 saturated carbocycles. The highest BCUT2D eigenvalue weighted by Crippen LogP contribution is 2.46. The van der Waals surface area contributed by atoms with E-state index in [0.717, 1.165) is 59.5 Å². The number of hydrogen-bond acceptors (Lipinski definition) is 9. The van der Waals surface area contributed by atoms with Gasteiger partial charge in [-0.1, -0.05) is 24.3 Å². The van der Waals surface area contributed by atoms with E-state index in [9.17, 15) is 19.7 Å². The monoisotopic (exact) mass is 682 g/mol. The zero-order chi connectivity index (χ0) is 35.6. The second-order valence-electron chi connectivity index (χ2n) is 14.1. The molecule has 7 aromatic carbocycles. The van der Waals surface area contributed by atoms with Gasteiger partial charge >= 0.3 is 0 Å². The third-order valence-corrected chi connectivity index (χ3v) is 11.0. The average Bonchev–Trinajstić information content (AvgIpc) is 3.69. The quantitative estimate of drug-likeness (QED) is 0.0694. The number of imidazole rings is 2. The largest absolute Gasteiger partial charge is 0.397 e. The van der Waals surface area contributed by atoms with E-state index in [0.29, 0.717) is 55.5 Å². The number of nitrogen functional groups attached to an aromatic ring is 1. The van der Waals surface area contributed by atoms with Crippen LogP contribution in [0, 0.1) is 10.1 Å². The van der Waals surface area contributed by atoms with E-state index in [1.807, 2.05) is 67.5 Å². The molecule has 0 spiro atoms. The second-order valence-corrected chi connectivity index (χ2v) is 14.1. The van der Waals surface area contributed by atoms with Gasteiger partial charge in [-0.25, -0.2) is 9.97 Å². The Hall–Kier alpha value is -7.08. The molecule has 250 valence electrons. The van der Waals surface area contributed by atoms with Crippen molar-refractivity contribution in [2.24, 2.45) is 0 Å². The van der Waals surface area contributed by atoms with Crippen molar-refractivity contribution in [2.45, 2.75) is 0 Å². The Kier molecular flexibility index (Phi) is 5.07. The summed E-state index contributed by atoms with van der Waals surface area (Å²) in [6.07, 6.45) is 0. The van der Waals surface area contributed by atoms with Crippen molar-refractivity contribution in [1.82, 2.24) is 18.8 Å². The molecule has 4 heterocycles. The van der Waals surface area contributed by atoms with Crippen LogP contribution in [0.3, 0.4) is 0 Å². The minimum atomic E-state index is -0.435. The lowest BCUT2D eigenvalue weighted by Crippen LogP contribution is -2.14. The molecule has 11 rings (SSSR count). The van der Waals surface area contributed by atoms with Crippen molar-refractivity contribution in [3.05, 3.63) is 104 Å². The fourth-order valence-corrected chi connectivity index (χ4v) is 8.75. The van der Waals surface area contributed by atoms with Gasteiger partial charge in [-0.3, -0.25) is 28.5 Å². The number of hydrogen-bond donors (Lipinski definition) is 1. The minimum absolute atomic E-state index is 0.0999. The molecule has 11 aromatic rings. The van der Waals surface area contributed by atoms with Gasteiger partial charge in [0.1, 0.15) is 17.0 Å². The molecule has 0 atom stereocenters. The van der Waals surface area contributed by atoms with Gasteiger partial charge in [0.2, 0.25) is 0 Å². The van der Waals surface area contributed by atoms with Crippen LogP contribution >= 0.6 is 0 Å². The van der Waals surface area contributed by atoms with Crippen LogP contribution < -0.4 is 26.7 Å². The van der Waals surface area contributed by atoms with Gasteiger partial charge in [-0.05, 0) is 74.8 Å². The summed E-state index contributed by atoms with van der Waals surface area (Å²) in [4.78, 5) is 53.8. The first-order chi connectivity index (χ1) is 25.0. The van der Waals surface area contributed by atoms with Crippen LogP contribution in [0.4, 0.5) is 22.7 Å². The van der Waals surface area contributed by atoms with Crippen molar-refractivity contribution in [3.63, 3.8) is 0 Å². The highest BCUT2D eigenvalue weighted by Gasteiger charge is 2.26. The molecule has 0 unspecified atom stereocenters. The topological polar surface area (TPSA) is 144 Å². The van der Waals surface area contributed by atoms with Gasteiger partial charge in [-0.15, -0.1) is 0 Å². The maximum absolute atomic E-state index is 14.4. The van der Waals surface area contributed by atoms with Crippen LogP contribution in [0.15, 0.2) is 82.4 Å². The average molecular weight is 683 g/mol. The van der Waals surface area contributed by atoms with Crippen molar-refractivity contribution >= 4 is 121 Å². The zero-order valence-electron chi connectivity index (χ0n) is 28.3. The second kappa shape index (κ2) is 9.17. The first-order valence-corrected chi connectivity index (χ1v) is 16.7. The van der Waals surface area contributed by atoms with Crippen LogP contribution in [0.5, 0.6) is 0 Å². The maximum atomic E-state index is 14.4. The molecule has 52 heavy (non-hydrogen) atoms. The van der Waals surface area contributed by atoms with Gasteiger partial charge in [0.25, 0.3) is 16.8 Å². The summed E-state index contributed by atoms with van der Waals surface area (Å²) in [5.74, 6) is 0. The Bertz CT molecular complexity index is 3550. The molecule has 0 aliphatic carbocycles. The van der Waals surface area contributed by atoms with Crippen molar-refractivity contribution in [3.8, 4) is 0 Å². The van der Waals surface area contributed by atoms with Gasteiger partial charge < -0.3 is 15.5 Å². The molecular formula is C40H26N8O4. The molecule has 4 aromatic heterocycles. The standard InChI is InChI=1S/C40H26N8O4/c1-44(2)28-14-26-29(13-25(28)41)46-37(42-26)21-9-5-17-20-8-12-24-36-22(10-6-18(34(20)36)19-7-11-23(39(46)49)35(21)33(17)19)38-43-27-15-31(45(3)4)32(48(51)52)16-30(27)47(38)40(24)50/h5-16H,41H2,1-4H3. The Morgan fingerprint density at radius 1 is 0.577 bits per heavy atom. The number of fused-ring (bicyclic) bond motifs is 10. The lowest BCUT2D eigenvalue weighted by molar-refractivity contribution is -0.384. The molecule has 0 aliphatic heterocycles. The number of benzene rings is 7. The zero-order valence-corrected chi connectivity index (χ0v) is 28.3. The lowest BCUT2D eigenvalue weighted by Gasteiger charge is -2.18. The Morgan fingerprint density at radius 3 is 1.40 bits per heavy atom. The number of pyridine rings is 2. The Morgan fingerprint density at radius 2 is 0.962 bits per heavy atom. The number of nitrogens with zero attached hydrogens (tertiary/aromatic N) is 7. The Labute approximate surface area is 291 Å². The predicted octanol–water partition coefficient (Wildman–Crippen LogP) is 6.86. The summed E-state index contributed by atoms with van der Waals surface area (Å²) in [7, 11) is 7.32. The molecule has 0 saturated heterocycles. The molecule has 0 aliphatic rings. The smallest absolute Gasteiger partial charge is 0.294 e. The summed E-state index contributed by atoms with van der Waals surface area (Å²) < 4.78 is 3.16. The third kappa shape index (κ3) is 3.23. The summed E-state index contributed by atoms with van der Waals surface area (Å²) in [6, 6.07) is 22.7. The van der Waals surface area contributed by atoms with E-state index in [2.05, 4.69) is 12.1 Å². The lowest BCUT2D eigenvalue weighted by atomic mass is 9.86. The molecule has 0 bridgehead atoms. The summed E-state index contributed by atoms with van der Waals surface area (Å²) in [6.45, 7) is 0. The first kappa shape index (κ1) is 28.7. The van der Waals surface area contributed by atoms with Gasteiger partial charge in [0.15, 0.2) is 0 Å². The van der Waals surface area contributed by atoms with E-state index < -0.39 is 4.92 Å². The van der Waals surface area contributed by atoms with Gasteiger partial charge in [-0.2, -0.15) is 0 Å². The number of aromatic nitrogens is 4. The van der Waals surface area contributed by atoms with Crippen LogP contribution in [0.1, 0.15) is 0 Å². The minimum Gasteiger partial charge on any atom is -0.397 e. The third-order valence-electron chi connectivity index (χ3n) is 11.0. The molecule has 0 radical (unpaired) electrons. The summed E-state index contributed by atoms with van der Waals surface area (Å²) in [5.41, 5.74) is 10.9. The number of nitro groups is 1. The van der Waals surface area contributed by atoms with E-state index in [1.165, 1.54) is 10.5 Å². The molecule has 0 fully saturated rings. The normalized spacial score (nSPS) is 12.6. The van der Waals surface area contributed by atoms with Crippen LogP contribution in [0.2, 0.25) is 0 Å². The van der Waals surface area contributed by atoms with E-state index in [4.69, 9.17) is 15.7 Å². The van der Waals surface area contributed by atoms with Crippen LogP contribution in [-0.2, 0) is 0 Å².